The summed E-state index contributed by atoms with van der Waals surface area (Å²) in [6.45, 7) is 0. The molecule has 0 saturated carbocycles. The van der Waals surface area contributed by atoms with Gasteiger partial charge in [-0.05, 0) is 47.5 Å². The first-order valence-corrected chi connectivity index (χ1v) is 10.5. The van der Waals surface area contributed by atoms with Crippen LogP contribution in [0.3, 0.4) is 0 Å². The summed E-state index contributed by atoms with van der Waals surface area (Å²) in [4.78, 5) is 17.0. The van der Waals surface area contributed by atoms with E-state index in [4.69, 9.17) is 19.5 Å². The molecule has 32 heavy (non-hydrogen) atoms. The highest BCUT2D eigenvalue weighted by atomic mass is 32.1. The molecule has 4 rings (SSSR count). The van der Waals surface area contributed by atoms with E-state index in [0.717, 1.165) is 16.7 Å². The van der Waals surface area contributed by atoms with Gasteiger partial charge in [-0.3, -0.25) is 0 Å². The van der Waals surface area contributed by atoms with Gasteiger partial charge >= 0.3 is 5.97 Å². The number of hydrogen-bond acceptors (Lipinski definition) is 7. The van der Waals surface area contributed by atoms with Crippen molar-refractivity contribution in [2.45, 2.75) is 0 Å². The predicted molar refractivity (Wildman–Crippen MR) is 122 cm³/mol. The lowest BCUT2D eigenvalue weighted by Crippen LogP contribution is -2.08. The van der Waals surface area contributed by atoms with E-state index in [-0.39, 0.29) is 5.69 Å². The van der Waals surface area contributed by atoms with Crippen molar-refractivity contribution in [1.82, 2.24) is 4.98 Å². The molecule has 1 heterocycles. The van der Waals surface area contributed by atoms with Crippen molar-refractivity contribution in [2.24, 2.45) is 0 Å². The fourth-order valence-corrected chi connectivity index (χ4v) is 3.97. The van der Waals surface area contributed by atoms with E-state index in [0.29, 0.717) is 27.8 Å². The Balaban J connectivity index is 1.49. The normalized spacial score (nSPS) is 10.3. The summed E-state index contributed by atoms with van der Waals surface area (Å²) in [5.74, 6) is 1.02. The van der Waals surface area contributed by atoms with E-state index in [2.05, 4.69) is 11.1 Å². The summed E-state index contributed by atoms with van der Waals surface area (Å²) in [5, 5.41) is 11.2. The summed E-state index contributed by atoms with van der Waals surface area (Å²) in [6, 6.07) is 22.1. The third-order valence-corrected chi connectivity index (χ3v) is 5.63. The number of nitrogens with zero attached hydrogens (tertiary/aromatic N) is 2. The number of benzene rings is 3. The molecule has 0 spiro atoms. The van der Waals surface area contributed by atoms with Gasteiger partial charge in [0.1, 0.15) is 10.8 Å². The molecule has 0 aliphatic rings. The van der Waals surface area contributed by atoms with Crippen molar-refractivity contribution in [2.75, 3.05) is 14.2 Å². The lowest BCUT2D eigenvalue weighted by atomic mass is 10.0. The maximum absolute atomic E-state index is 12.6. The van der Waals surface area contributed by atoms with Gasteiger partial charge in [-0.2, -0.15) is 5.26 Å². The fraction of sp³-hybridized carbons (Fsp3) is 0.0800. The van der Waals surface area contributed by atoms with Crippen LogP contribution >= 0.6 is 11.3 Å². The van der Waals surface area contributed by atoms with Crippen LogP contribution in [-0.4, -0.2) is 25.2 Å². The van der Waals surface area contributed by atoms with Crippen molar-refractivity contribution in [3.8, 4) is 45.0 Å². The van der Waals surface area contributed by atoms with Crippen LogP contribution in [0.2, 0.25) is 0 Å². The van der Waals surface area contributed by atoms with Crippen molar-refractivity contribution < 1.29 is 19.0 Å². The number of aromatic nitrogens is 1. The molecule has 0 unspecified atom stereocenters. The minimum atomic E-state index is -0.541. The van der Waals surface area contributed by atoms with Crippen molar-refractivity contribution in [3.05, 3.63) is 83.4 Å². The number of methoxy groups -OCH3 is 2. The summed E-state index contributed by atoms with van der Waals surface area (Å²) in [7, 11) is 3.13. The van der Waals surface area contributed by atoms with Crippen LogP contribution in [0.4, 0.5) is 0 Å². The zero-order valence-corrected chi connectivity index (χ0v) is 18.2. The van der Waals surface area contributed by atoms with E-state index in [1.165, 1.54) is 11.3 Å². The second-order valence-corrected chi connectivity index (χ2v) is 7.54. The highest BCUT2D eigenvalue weighted by molar-refractivity contribution is 7.13. The van der Waals surface area contributed by atoms with Crippen molar-refractivity contribution in [3.63, 3.8) is 0 Å². The number of carbonyl (C=O) groups is 1. The molecule has 0 aliphatic heterocycles. The van der Waals surface area contributed by atoms with E-state index in [1.54, 1.807) is 49.9 Å². The molecule has 3 aromatic carbocycles. The second-order valence-electron chi connectivity index (χ2n) is 6.68. The number of thiazole rings is 1. The van der Waals surface area contributed by atoms with Gasteiger partial charge in [0.05, 0.1) is 31.4 Å². The molecular formula is C25H18N2O4S. The van der Waals surface area contributed by atoms with Crippen LogP contribution in [0, 0.1) is 11.3 Å². The zero-order chi connectivity index (χ0) is 22.5. The molecule has 0 bridgehead atoms. The second kappa shape index (κ2) is 9.33. The molecular weight excluding hydrogens is 424 g/mol. The minimum Gasteiger partial charge on any atom is -0.493 e. The minimum absolute atomic E-state index is 0.214. The van der Waals surface area contributed by atoms with Gasteiger partial charge in [0, 0.05) is 5.38 Å². The first-order valence-electron chi connectivity index (χ1n) is 9.62. The maximum Gasteiger partial charge on any atom is 0.363 e. The molecule has 0 N–H and O–H groups in total. The summed E-state index contributed by atoms with van der Waals surface area (Å²) >= 11 is 1.32. The third kappa shape index (κ3) is 4.31. The van der Waals surface area contributed by atoms with Gasteiger partial charge in [0.25, 0.3) is 0 Å². The van der Waals surface area contributed by atoms with Crippen molar-refractivity contribution in [1.29, 1.82) is 5.26 Å². The van der Waals surface area contributed by atoms with Crippen LogP contribution in [0.1, 0.15) is 16.1 Å². The number of hydrogen-bond donors (Lipinski definition) is 0. The van der Waals surface area contributed by atoms with E-state index >= 15 is 0 Å². The van der Waals surface area contributed by atoms with Crippen LogP contribution in [0.5, 0.6) is 17.2 Å². The van der Waals surface area contributed by atoms with Crippen LogP contribution in [0.25, 0.3) is 21.7 Å². The van der Waals surface area contributed by atoms with E-state index < -0.39 is 5.97 Å². The number of carbonyl (C=O) groups excluding carboxylic acids is 1. The van der Waals surface area contributed by atoms with Gasteiger partial charge in [-0.1, -0.05) is 30.3 Å². The average Bonchev–Trinajstić information content (AvgIpc) is 3.34. The molecule has 4 aromatic rings. The molecule has 0 saturated heterocycles. The topological polar surface area (TPSA) is 81.4 Å². The Morgan fingerprint density at radius 1 is 0.938 bits per heavy atom. The fourth-order valence-electron chi connectivity index (χ4n) is 3.16. The first-order chi connectivity index (χ1) is 15.6. The Hall–Kier alpha value is -4.15. The SMILES string of the molecule is COc1cccc(-c2nc(C(=O)Oc3ccc(-c4ccc(C#N)cc4)cc3)cs2)c1OC. The average molecular weight is 442 g/mol. The zero-order valence-electron chi connectivity index (χ0n) is 17.4. The van der Waals surface area contributed by atoms with Gasteiger partial charge < -0.3 is 14.2 Å². The van der Waals surface area contributed by atoms with E-state index in [9.17, 15) is 4.79 Å². The highest BCUT2D eigenvalue weighted by Crippen LogP contribution is 2.39. The number of para-hydroxylation sites is 1. The molecule has 0 atom stereocenters. The largest absolute Gasteiger partial charge is 0.493 e. The predicted octanol–water partition coefficient (Wildman–Crippen LogP) is 5.59. The Morgan fingerprint density at radius 2 is 1.62 bits per heavy atom. The van der Waals surface area contributed by atoms with Gasteiger partial charge in [0.15, 0.2) is 17.2 Å². The summed E-state index contributed by atoms with van der Waals surface area (Å²) in [5.41, 5.74) is 3.48. The Morgan fingerprint density at radius 3 is 2.25 bits per heavy atom. The number of ether oxygens (including phenoxy) is 3. The lowest BCUT2D eigenvalue weighted by Gasteiger charge is -2.10. The van der Waals surface area contributed by atoms with Crippen LogP contribution < -0.4 is 14.2 Å². The highest BCUT2D eigenvalue weighted by Gasteiger charge is 2.18. The molecule has 0 fully saturated rings. The Bertz CT molecular complexity index is 1290. The monoisotopic (exact) mass is 442 g/mol. The molecule has 7 heteroatoms. The Kier molecular flexibility index (Phi) is 6.15. The quantitative estimate of drug-likeness (QED) is 0.286. The van der Waals surface area contributed by atoms with Crippen LogP contribution in [-0.2, 0) is 0 Å². The Labute approximate surface area is 189 Å². The standard InChI is InChI=1S/C25H18N2O4S/c1-29-22-5-3-4-20(23(22)30-2)24-27-21(15-32-24)25(28)31-19-12-10-18(11-13-19)17-8-6-16(14-26)7-9-17/h3-13,15H,1-2H3. The summed E-state index contributed by atoms with van der Waals surface area (Å²) in [6.07, 6.45) is 0. The van der Waals surface area contributed by atoms with Gasteiger partial charge in [0.2, 0.25) is 0 Å². The molecule has 0 aliphatic carbocycles. The molecule has 0 radical (unpaired) electrons. The number of nitriles is 1. The molecule has 1 aromatic heterocycles. The number of rotatable bonds is 6. The smallest absolute Gasteiger partial charge is 0.363 e. The van der Waals surface area contributed by atoms with Crippen LogP contribution in [0.15, 0.2) is 72.1 Å². The number of esters is 1. The van der Waals surface area contributed by atoms with E-state index in [1.807, 2.05) is 36.4 Å². The van der Waals surface area contributed by atoms with Gasteiger partial charge in [-0.25, -0.2) is 9.78 Å². The molecule has 0 amide bonds. The third-order valence-electron chi connectivity index (χ3n) is 4.76. The summed E-state index contributed by atoms with van der Waals surface area (Å²) < 4.78 is 16.3. The van der Waals surface area contributed by atoms with Crippen molar-refractivity contribution >= 4 is 17.3 Å². The maximum atomic E-state index is 12.6. The lowest BCUT2D eigenvalue weighted by molar-refractivity contribution is 0.0729. The molecule has 6 nitrogen and oxygen atoms in total. The van der Waals surface area contributed by atoms with Gasteiger partial charge in [-0.15, -0.1) is 11.3 Å². The first kappa shape index (κ1) is 21.1. The molecule has 158 valence electrons.